The van der Waals surface area contributed by atoms with Crippen LogP contribution < -0.4 is 10.7 Å². The largest absolute Gasteiger partial charge is 0.508 e. The maximum Gasteiger partial charge on any atom is 0.334 e. The molecule has 0 aliphatic carbocycles. The van der Waals surface area contributed by atoms with Gasteiger partial charge < -0.3 is 20.2 Å². The average Bonchev–Trinajstić information content (AvgIpc) is 3.48. The van der Waals surface area contributed by atoms with Gasteiger partial charge in [-0.2, -0.15) is 0 Å². The summed E-state index contributed by atoms with van der Waals surface area (Å²) in [7, 11) is 0. The Morgan fingerprint density at radius 1 is 1.07 bits per heavy atom. The van der Waals surface area contributed by atoms with Crippen LogP contribution >= 0.6 is 11.3 Å². The van der Waals surface area contributed by atoms with Crippen molar-refractivity contribution in [2.75, 3.05) is 13.1 Å². The Hall–Kier alpha value is -4.55. The van der Waals surface area contributed by atoms with E-state index in [9.17, 15) is 23.9 Å². The van der Waals surface area contributed by atoms with Crippen molar-refractivity contribution in [2.24, 2.45) is 0 Å². The number of amides is 4. The van der Waals surface area contributed by atoms with Gasteiger partial charge in [-0.25, -0.2) is 24.6 Å². The fourth-order valence-electron chi connectivity index (χ4n) is 5.36. The number of phenols is 1. The molecular formula is C29H27FN6O4S. The van der Waals surface area contributed by atoms with E-state index in [1.807, 2.05) is 30.3 Å². The van der Waals surface area contributed by atoms with E-state index in [4.69, 9.17) is 0 Å². The lowest BCUT2D eigenvalue weighted by Gasteiger charge is -2.52. The molecule has 2 saturated heterocycles. The molecule has 4 amide bonds. The third kappa shape index (κ3) is 5.31. The van der Waals surface area contributed by atoms with E-state index in [-0.39, 0.29) is 56.0 Å². The smallest absolute Gasteiger partial charge is 0.334 e. The first-order valence-corrected chi connectivity index (χ1v) is 14.0. The summed E-state index contributed by atoms with van der Waals surface area (Å²) < 4.78 is 14.8. The number of carbonyl (C=O) groups is 3. The van der Waals surface area contributed by atoms with Crippen LogP contribution in [0.2, 0.25) is 0 Å². The first-order valence-electron chi connectivity index (χ1n) is 13.1. The summed E-state index contributed by atoms with van der Waals surface area (Å²) in [6, 6.07) is 17.6. The van der Waals surface area contributed by atoms with Crippen molar-refractivity contribution < 1.29 is 23.9 Å². The summed E-state index contributed by atoms with van der Waals surface area (Å²) in [5.41, 5.74) is 7.30. The lowest BCUT2D eigenvalue weighted by molar-refractivity contribution is -0.170. The summed E-state index contributed by atoms with van der Waals surface area (Å²) in [4.78, 5) is 48.0. The predicted molar refractivity (Wildman–Crippen MR) is 150 cm³/mol. The number of piperazine rings is 1. The van der Waals surface area contributed by atoms with Gasteiger partial charge in [0.05, 0.1) is 28.8 Å². The number of benzene rings is 3. The Bertz CT molecular complexity index is 1600. The highest BCUT2D eigenvalue weighted by Crippen LogP contribution is 2.30. The number of urea groups is 1. The number of nitrogens with zero attached hydrogens (tertiary/aromatic N) is 4. The van der Waals surface area contributed by atoms with Gasteiger partial charge in [-0.05, 0) is 34.9 Å². The summed E-state index contributed by atoms with van der Waals surface area (Å²) >= 11 is 1.19. The Kier molecular flexibility index (Phi) is 7.25. The number of hydrogen-bond acceptors (Lipinski definition) is 7. The molecule has 3 heterocycles. The van der Waals surface area contributed by atoms with Crippen LogP contribution in [0.1, 0.15) is 16.7 Å². The topological polar surface area (TPSA) is 118 Å². The molecule has 0 spiro atoms. The maximum atomic E-state index is 14.4. The molecule has 2 aliphatic rings. The molecule has 12 heteroatoms. The normalized spacial score (nSPS) is 19.0. The molecule has 3 aromatic carbocycles. The first-order chi connectivity index (χ1) is 19.9. The van der Waals surface area contributed by atoms with Crippen LogP contribution in [0, 0.1) is 5.82 Å². The molecule has 210 valence electrons. The van der Waals surface area contributed by atoms with Gasteiger partial charge in [0.2, 0.25) is 11.8 Å². The molecule has 0 unspecified atom stereocenters. The lowest BCUT2D eigenvalue weighted by atomic mass is 9.98. The summed E-state index contributed by atoms with van der Waals surface area (Å²) in [6.45, 7) is 0.316. The third-order valence-corrected chi connectivity index (χ3v) is 8.21. The van der Waals surface area contributed by atoms with Gasteiger partial charge in [0.1, 0.15) is 23.8 Å². The van der Waals surface area contributed by atoms with Gasteiger partial charge in [0.15, 0.2) is 0 Å². The number of hydrazine groups is 1. The number of aromatic nitrogens is 1. The maximum absolute atomic E-state index is 14.4. The highest BCUT2D eigenvalue weighted by Gasteiger charge is 2.49. The number of halogens is 1. The van der Waals surface area contributed by atoms with E-state index in [0.29, 0.717) is 15.8 Å². The highest BCUT2D eigenvalue weighted by atomic mass is 32.1. The first kappa shape index (κ1) is 26.7. The standard InChI is InChI=1S/C29H27FN6O4S/c30-22-11-8-20(26-27(22)41-17-32-26)15-34-16-24-35(23(28(34)39)12-18-6-9-21(37)10-7-18)25(38)14-33-36(24)29(40)31-13-19-4-2-1-3-5-19/h1-11,17,23-24,33,37H,12-16H2,(H,31,40)/t23-,24-/m0/s1. The van der Waals surface area contributed by atoms with Crippen LogP contribution in [0.5, 0.6) is 5.75 Å². The van der Waals surface area contributed by atoms with Crippen LogP contribution in [-0.2, 0) is 29.1 Å². The fourth-order valence-corrected chi connectivity index (χ4v) is 6.10. The summed E-state index contributed by atoms with van der Waals surface area (Å²) in [5.74, 6) is -0.883. The van der Waals surface area contributed by atoms with Crippen LogP contribution in [0.25, 0.3) is 10.2 Å². The Morgan fingerprint density at radius 3 is 2.63 bits per heavy atom. The molecule has 10 nitrogen and oxygen atoms in total. The second-order valence-corrected chi connectivity index (χ2v) is 10.8. The van der Waals surface area contributed by atoms with Crippen LogP contribution in [0.4, 0.5) is 9.18 Å². The second kappa shape index (κ2) is 11.1. The quantitative estimate of drug-likeness (QED) is 0.326. The molecular weight excluding hydrogens is 547 g/mol. The summed E-state index contributed by atoms with van der Waals surface area (Å²) in [6.07, 6.45) is -0.606. The predicted octanol–water partition coefficient (Wildman–Crippen LogP) is 2.98. The molecule has 4 aromatic rings. The molecule has 3 N–H and O–H groups in total. The van der Waals surface area contributed by atoms with Gasteiger partial charge in [-0.3, -0.25) is 9.59 Å². The molecule has 2 fully saturated rings. The van der Waals surface area contributed by atoms with E-state index in [0.717, 1.165) is 11.1 Å². The van der Waals surface area contributed by atoms with Gasteiger partial charge in [0.25, 0.3) is 0 Å². The van der Waals surface area contributed by atoms with Gasteiger partial charge in [0, 0.05) is 19.5 Å². The number of fused-ring (bicyclic) bond motifs is 2. The Morgan fingerprint density at radius 2 is 1.85 bits per heavy atom. The molecule has 2 aliphatic heterocycles. The van der Waals surface area contributed by atoms with Crippen molar-refractivity contribution >= 4 is 39.4 Å². The lowest BCUT2D eigenvalue weighted by Crippen LogP contribution is -2.76. The zero-order valence-electron chi connectivity index (χ0n) is 21.9. The minimum absolute atomic E-state index is 0.0470. The zero-order chi connectivity index (χ0) is 28.5. The van der Waals surface area contributed by atoms with Gasteiger partial charge in [-0.1, -0.05) is 48.5 Å². The number of rotatable bonds is 6. The van der Waals surface area contributed by atoms with E-state index < -0.39 is 18.2 Å². The number of aromatic hydroxyl groups is 1. The van der Waals surface area contributed by atoms with Gasteiger partial charge >= 0.3 is 6.03 Å². The molecule has 0 saturated carbocycles. The van der Waals surface area contributed by atoms with Crippen molar-refractivity contribution in [2.45, 2.75) is 31.7 Å². The van der Waals surface area contributed by atoms with E-state index >= 15 is 0 Å². The van der Waals surface area contributed by atoms with E-state index in [2.05, 4.69) is 15.7 Å². The molecule has 41 heavy (non-hydrogen) atoms. The Balaban J connectivity index is 1.32. The highest BCUT2D eigenvalue weighted by molar-refractivity contribution is 7.16. The average molecular weight is 575 g/mol. The zero-order valence-corrected chi connectivity index (χ0v) is 22.7. The summed E-state index contributed by atoms with van der Waals surface area (Å²) in [5, 5.41) is 14.0. The number of phenolic OH excluding ortho intramolecular Hbond substituents is 1. The molecule has 0 radical (unpaired) electrons. The van der Waals surface area contributed by atoms with Crippen LogP contribution in [0.15, 0.2) is 72.2 Å². The minimum Gasteiger partial charge on any atom is -0.508 e. The van der Waals surface area contributed by atoms with Crippen molar-refractivity contribution in [1.29, 1.82) is 0 Å². The molecule has 6 rings (SSSR count). The van der Waals surface area contributed by atoms with E-state index in [1.165, 1.54) is 39.4 Å². The van der Waals surface area contributed by atoms with Crippen molar-refractivity contribution in [3.8, 4) is 5.75 Å². The monoisotopic (exact) mass is 574 g/mol. The van der Waals surface area contributed by atoms with Crippen LogP contribution in [-0.4, -0.2) is 68.0 Å². The second-order valence-electron chi connectivity index (χ2n) is 9.97. The van der Waals surface area contributed by atoms with E-state index in [1.54, 1.807) is 28.6 Å². The number of thiazole rings is 1. The van der Waals surface area contributed by atoms with Crippen molar-refractivity contribution in [3.63, 3.8) is 0 Å². The molecule has 0 bridgehead atoms. The van der Waals surface area contributed by atoms with Crippen molar-refractivity contribution in [3.05, 3.63) is 94.7 Å². The molecule has 2 atom stereocenters. The third-order valence-electron chi connectivity index (χ3n) is 7.38. The SMILES string of the molecule is O=C1[C@H](Cc2ccc(O)cc2)N2C(=O)CNN(C(=O)NCc3ccccc3)[C@H]2CN1Cc1ccc(F)c2scnc12. The Labute approximate surface area is 239 Å². The number of hydrogen-bond donors (Lipinski definition) is 3. The molecule has 1 aromatic heterocycles. The van der Waals surface area contributed by atoms with Crippen molar-refractivity contribution in [1.82, 2.24) is 30.5 Å². The van der Waals surface area contributed by atoms with Gasteiger partial charge in [-0.15, -0.1) is 11.3 Å². The number of nitrogens with one attached hydrogen (secondary N) is 2. The number of carbonyl (C=O) groups excluding carboxylic acids is 3. The fraction of sp³-hybridized carbons (Fsp3) is 0.241. The van der Waals surface area contributed by atoms with Crippen LogP contribution in [0.3, 0.4) is 0 Å². The minimum atomic E-state index is -0.899.